The number of phenolic OH excluding ortho intramolecular Hbond substituents is 1. The molecule has 0 atom stereocenters. The quantitative estimate of drug-likeness (QED) is 0.745. The third-order valence-electron chi connectivity index (χ3n) is 1.94. The monoisotopic (exact) mass is 271 g/mol. The number of hydrogen-bond donors (Lipinski definition) is 3. The zero-order valence-corrected chi connectivity index (χ0v) is 9.05. The maximum atomic E-state index is 13.7. The summed E-state index contributed by atoms with van der Waals surface area (Å²) in [5.74, 6) is -0.484. The molecule has 0 fully saturated rings. The number of H-pyrrole nitrogens is 1. The van der Waals surface area contributed by atoms with E-state index in [-0.39, 0.29) is 21.6 Å². The van der Waals surface area contributed by atoms with Gasteiger partial charge >= 0.3 is 0 Å². The maximum Gasteiger partial charge on any atom is 0.150 e. The SMILES string of the molecule is Nc1cc(-c2c(O)ccc(Br)c2F)[nH]n1. The summed E-state index contributed by atoms with van der Waals surface area (Å²) in [6.45, 7) is 0. The number of nitrogen functional groups attached to an aromatic ring is 1. The molecular formula is C9H7BrFN3O. The zero-order chi connectivity index (χ0) is 11.0. The first-order chi connectivity index (χ1) is 7.09. The van der Waals surface area contributed by atoms with Crippen LogP contribution in [0.2, 0.25) is 0 Å². The smallest absolute Gasteiger partial charge is 0.150 e. The summed E-state index contributed by atoms with van der Waals surface area (Å²) >= 11 is 3.03. The fraction of sp³-hybridized carbons (Fsp3) is 0. The molecular weight excluding hydrogens is 265 g/mol. The lowest BCUT2D eigenvalue weighted by Gasteiger charge is -2.04. The van der Waals surface area contributed by atoms with Crippen LogP contribution in [0.5, 0.6) is 5.75 Å². The second-order valence-corrected chi connectivity index (χ2v) is 3.82. The van der Waals surface area contributed by atoms with Gasteiger partial charge in [-0.2, -0.15) is 5.10 Å². The first-order valence-corrected chi connectivity index (χ1v) is 4.87. The predicted octanol–water partition coefficient (Wildman–Crippen LogP) is 2.27. The van der Waals surface area contributed by atoms with E-state index < -0.39 is 5.82 Å². The minimum absolute atomic E-state index is 0.0496. The van der Waals surface area contributed by atoms with Crippen LogP contribution in [0.15, 0.2) is 22.7 Å². The molecule has 1 aromatic heterocycles. The molecule has 0 aliphatic heterocycles. The summed E-state index contributed by atoms with van der Waals surface area (Å²) in [5.41, 5.74) is 5.78. The van der Waals surface area contributed by atoms with Gasteiger partial charge in [0.1, 0.15) is 17.4 Å². The molecule has 0 saturated heterocycles. The van der Waals surface area contributed by atoms with Crippen molar-refractivity contribution in [3.63, 3.8) is 0 Å². The number of hydrogen-bond acceptors (Lipinski definition) is 3. The topological polar surface area (TPSA) is 74.9 Å². The molecule has 6 heteroatoms. The molecule has 0 bridgehead atoms. The summed E-state index contributed by atoms with van der Waals surface area (Å²) in [6.07, 6.45) is 0. The van der Waals surface area contributed by atoms with E-state index in [1.807, 2.05) is 0 Å². The van der Waals surface area contributed by atoms with Crippen LogP contribution < -0.4 is 5.73 Å². The molecule has 2 aromatic rings. The largest absolute Gasteiger partial charge is 0.507 e. The van der Waals surface area contributed by atoms with Crippen molar-refractivity contribution in [1.29, 1.82) is 0 Å². The van der Waals surface area contributed by atoms with E-state index in [0.29, 0.717) is 5.69 Å². The molecule has 4 nitrogen and oxygen atoms in total. The molecule has 0 aliphatic carbocycles. The standard InChI is InChI=1S/C9H7BrFN3O/c10-4-1-2-6(15)8(9(4)11)5-3-7(12)14-13-5/h1-3,15H,(H3,12,13,14). The second-order valence-electron chi connectivity index (χ2n) is 2.96. The zero-order valence-electron chi connectivity index (χ0n) is 7.46. The average molecular weight is 272 g/mol. The van der Waals surface area contributed by atoms with Crippen LogP contribution in [0.25, 0.3) is 11.3 Å². The molecule has 0 saturated carbocycles. The van der Waals surface area contributed by atoms with Crippen molar-refractivity contribution in [2.75, 3.05) is 5.73 Å². The van der Waals surface area contributed by atoms with Gasteiger partial charge in [0, 0.05) is 6.07 Å². The minimum Gasteiger partial charge on any atom is -0.507 e. The van der Waals surface area contributed by atoms with Gasteiger partial charge < -0.3 is 10.8 Å². The lowest BCUT2D eigenvalue weighted by molar-refractivity contribution is 0.471. The minimum atomic E-state index is -0.557. The van der Waals surface area contributed by atoms with Gasteiger partial charge in [-0.05, 0) is 28.1 Å². The molecule has 0 amide bonds. The molecule has 1 heterocycles. The highest BCUT2D eigenvalue weighted by Crippen LogP contribution is 2.34. The van der Waals surface area contributed by atoms with Gasteiger partial charge in [0.2, 0.25) is 0 Å². The van der Waals surface area contributed by atoms with Gasteiger partial charge in [-0.25, -0.2) is 4.39 Å². The highest BCUT2D eigenvalue weighted by molar-refractivity contribution is 9.10. The maximum absolute atomic E-state index is 13.7. The van der Waals surface area contributed by atoms with Crippen molar-refractivity contribution in [3.8, 4) is 17.0 Å². The van der Waals surface area contributed by atoms with Crippen molar-refractivity contribution < 1.29 is 9.50 Å². The van der Waals surface area contributed by atoms with Crippen LogP contribution in [-0.2, 0) is 0 Å². The fourth-order valence-electron chi connectivity index (χ4n) is 1.26. The number of anilines is 1. The number of aromatic hydroxyl groups is 1. The fourth-order valence-corrected chi connectivity index (χ4v) is 1.59. The van der Waals surface area contributed by atoms with E-state index in [0.717, 1.165) is 0 Å². The number of nitrogens with zero attached hydrogens (tertiary/aromatic N) is 1. The molecule has 0 radical (unpaired) electrons. The van der Waals surface area contributed by atoms with Gasteiger partial charge in [-0.15, -0.1) is 0 Å². The third-order valence-corrected chi connectivity index (χ3v) is 2.55. The molecule has 0 unspecified atom stereocenters. The van der Waals surface area contributed by atoms with E-state index in [2.05, 4.69) is 26.1 Å². The van der Waals surface area contributed by atoms with Crippen LogP contribution in [-0.4, -0.2) is 15.3 Å². The van der Waals surface area contributed by atoms with Gasteiger partial charge in [-0.1, -0.05) is 0 Å². The predicted molar refractivity (Wildman–Crippen MR) is 57.8 cm³/mol. The Morgan fingerprint density at radius 1 is 1.47 bits per heavy atom. The third kappa shape index (κ3) is 1.68. The Morgan fingerprint density at radius 2 is 2.20 bits per heavy atom. The summed E-state index contributed by atoms with van der Waals surface area (Å²) in [5, 5.41) is 15.7. The summed E-state index contributed by atoms with van der Waals surface area (Å²) in [6, 6.07) is 4.26. The number of aromatic nitrogens is 2. The first kappa shape index (κ1) is 9.97. The highest BCUT2D eigenvalue weighted by Gasteiger charge is 2.15. The number of phenols is 1. The first-order valence-electron chi connectivity index (χ1n) is 4.08. The summed E-state index contributed by atoms with van der Waals surface area (Å²) in [4.78, 5) is 0. The van der Waals surface area contributed by atoms with Crippen molar-refractivity contribution >= 4 is 21.7 Å². The van der Waals surface area contributed by atoms with Crippen LogP contribution >= 0.6 is 15.9 Å². The van der Waals surface area contributed by atoms with Crippen LogP contribution in [0.4, 0.5) is 10.2 Å². The lowest BCUT2D eigenvalue weighted by atomic mass is 10.1. The number of benzene rings is 1. The van der Waals surface area contributed by atoms with E-state index in [1.165, 1.54) is 18.2 Å². The Kier molecular flexibility index (Phi) is 2.36. The Hall–Kier alpha value is -1.56. The molecule has 4 N–H and O–H groups in total. The van der Waals surface area contributed by atoms with Crippen LogP contribution in [0.3, 0.4) is 0 Å². The van der Waals surface area contributed by atoms with Crippen molar-refractivity contribution in [2.45, 2.75) is 0 Å². The molecule has 0 spiro atoms. The van der Waals surface area contributed by atoms with Gasteiger partial charge in [0.15, 0.2) is 0 Å². The number of nitrogens with two attached hydrogens (primary N) is 1. The van der Waals surface area contributed by atoms with Crippen LogP contribution in [0.1, 0.15) is 0 Å². The van der Waals surface area contributed by atoms with Gasteiger partial charge in [0.25, 0.3) is 0 Å². The number of rotatable bonds is 1. The lowest BCUT2D eigenvalue weighted by Crippen LogP contribution is -1.87. The normalized spacial score (nSPS) is 10.5. The molecule has 2 rings (SSSR count). The average Bonchev–Trinajstić information content (AvgIpc) is 2.59. The van der Waals surface area contributed by atoms with Crippen molar-refractivity contribution in [2.24, 2.45) is 0 Å². The highest BCUT2D eigenvalue weighted by atomic mass is 79.9. The van der Waals surface area contributed by atoms with E-state index in [9.17, 15) is 9.50 Å². The Balaban J connectivity index is 2.66. The van der Waals surface area contributed by atoms with E-state index in [4.69, 9.17) is 5.73 Å². The molecule has 1 aromatic carbocycles. The number of nitrogens with one attached hydrogen (secondary N) is 1. The Labute approximate surface area is 93.1 Å². The van der Waals surface area contributed by atoms with E-state index in [1.54, 1.807) is 0 Å². The van der Waals surface area contributed by atoms with Crippen molar-refractivity contribution in [1.82, 2.24) is 10.2 Å². The van der Waals surface area contributed by atoms with E-state index >= 15 is 0 Å². The second kappa shape index (κ2) is 3.54. The summed E-state index contributed by atoms with van der Waals surface area (Å²) in [7, 11) is 0. The van der Waals surface area contributed by atoms with Crippen LogP contribution in [0, 0.1) is 5.82 Å². The number of halogens is 2. The Bertz CT molecular complexity index is 512. The van der Waals surface area contributed by atoms with Gasteiger partial charge in [0.05, 0.1) is 15.7 Å². The summed E-state index contributed by atoms with van der Waals surface area (Å²) < 4.78 is 13.9. The number of aromatic amines is 1. The molecule has 78 valence electrons. The van der Waals surface area contributed by atoms with Crippen molar-refractivity contribution in [3.05, 3.63) is 28.5 Å². The molecule has 0 aliphatic rings. The van der Waals surface area contributed by atoms with Gasteiger partial charge in [-0.3, -0.25) is 5.10 Å². The molecule has 15 heavy (non-hydrogen) atoms. The Morgan fingerprint density at radius 3 is 2.80 bits per heavy atom.